The predicted molar refractivity (Wildman–Crippen MR) is 80.3 cm³/mol. The molecule has 0 fully saturated rings. The van der Waals surface area contributed by atoms with E-state index < -0.39 is 5.82 Å². The highest BCUT2D eigenvalue weighted by molar-refractivity contribution is 6.31. The van der Waals surface area contributed by atoms with Gasteiger partial charge in [-0.1, -0.05) is 30.1 Å². The lowest BCUT2D eigenvalue weighted by atomic mass is 10.2. The lowest BCUT2D eigenvalue weighted by molar-refractivity contribution is 0.471. The van der Waals surface area contributed by atoms with Crippen LogP contribution in [0.3, 0.4) is 0 Å². The van der Waals surface area contributed by atoms with Gasteiger partial charge in [0.25, 0.3) is 0 Å². The summed E-state index contributed by atoms with van der Waals surface area (Å²) in [5, 5.41) is 3.89. The number of halogens is 3. The standard InChI is InChI=1S/C15H14Cl2FNO/c1-2-19-9-10-7-11(16)3-6-15(10)20-12-4-5-14(18)13(17)8-12/h3-8,19H,2,9H2,1H3. The molecule has 0 aliphatic heterocycles. The lowest BCUT2D eigenvalue weighted by Gasteiger charge is -2.12. The Kier molecular flexibility index (Phi) is 5.24. The van der Waals surface area contributed by atoms with Gasteiger partial charge in [0.2, 0.25) is 0 Å². The summed E-state index contributed by atoms with van der Waals surface area (Å²) in [4.78, 5) is 0. The van der Waals surface area contributed by atoms with Crippen molar-refractivity contribution in [1.29, 1.82) is 0 Å². The van der Waals surface area contributed by atoms with Gasteiger partial charge in [-0.05, 0) is 36.9 Å². The van der Waals surface area contributed by atoms with Gasteiger partial charge >= 0.3 is 0 Å². The molecule has 0 unspecified atom stereocenters. The molecule has 0 spiro atoms. The molecule has 2 aromatic carbocycles. The summed E-state index contributed by atoms with van der Waals surface area (Å²) in [5.74, 6) is 0.678. The van der Waals surface area contributed by atoms with Crippen molar-refractivity contribution < 1.29 is 9.13 Å². The molecule has 0 bridgehead atoms. The van der Waals surface area contributed by atoms with Crippen molar-refractivity contribution in [3.63, 3.8) is 0 Å². The fraction of sp³-hybridized carbons (Fsp3) is 0.200. The normalized spacial score (nSPS) is 10.6. The molecule has 0 aromatic heterocycles. The van der Waals surface area contributed by atoms with E-state index in [-0.39, 0.29) is 5.02 Å². The van der Waals surface area contributed by atoms with Gasteiger partial charge in [-0.25, -0.2) is 4.39 Å². The van der Waals surface area contributed by atoms with E-state index in [1.807, 2.05) is 13.0 Å². The summed E-state index contributed by atoms with van der Waals surface area (Å²) < 4.78 is 18.9. The summed E-state index contributed by atoms with van der Waals surface area (Å²) in [6.45, 7) is 3.50. The molecule has 0 atom stereocenters. The maximum absolute atomic E-state index is 13.1. The second kappa shape index (κ2) is 6.93. The third kappa shape index (κ3) is 3.85. The van der Waals surface area contributed by atoms with Gasteiger partial charge < -0.3 is 10.1 Å². The molecule has 0 radical (unpaired) electrons. The van der Waals surface area contributed by atoms with Crippen molar-refractivity contribution in [1.82, 2.24) is 5.32 Å². The van der Waals surface area contributed by atoms with Crippen molar-refractivity contribution >= 4 is 23.2 Å². The Hall–Kier alpha value is -1.29. The first-order chi connectivity index (χ1) is 9.60. The van der Waals surface area contributed by atoms with Crippen LogP contribution in [0.5, 0.6) is 11.5 Å². The van der Waals surface area contributed by atoms with Crippen LogP contribution < -0.4 is 10.1 Å². The van der Waals surface area contributed by atoms with Crippen LogP contribution in [0, 0.1) is 5.82 Å². The van der Waals surface area contributed by atoms with Gasteiger partial charge in [0.15, 0.2) is 0 Å². The first-order valence-electron chi connectivity index (χ1n) is 6.22. The second-order valence-corrected chi connectivity index (χ2v) is 5.05. The summed E-state index contributed by atoms with van der Waals surface area (Å²) in [6, 6.07) is 9.63. The topological polar surface area (TPSA) is 21.3 Å². The van der Waals surface area contributed by atoms with Crippen molar-refractivity contribution in [2.24, 2.45) is 0 Å². The molecule has 5 heteroatoms. The predicted octanol–water partition coefficient (Wildman–Crippen LogP) is 5.03. The zero-order valence-electron chi connectivity index (χ0n) is 10.9. The molecule has 1 N–H and O–H groups in total. The average molecular weight is 314 g/mol. The minimum Gasteiger partial charge on any atom is -0.457 e. The molecular weight excluding hydrogens is 300 g/mol. The van der Waals surface area contributed by atoms with E-state index in [0.29, 0.717) is 23.1 Å². The Balaban J connectivity index is 2.25. The zero-order chi connectivity index (χ0) is 14.5. The first-order valence-corrected chi connectivity index (χ1v) is 6.97. The Labute approximate surface area is 127 Å². The van der Waals surface area contributed by atoms with Crippen LogP contribution >= 0.6 is 23.2 Å². The van der Waals surface area contributed by atoms with Gasteiger partial charge in [0.1, 0.15) is 17.3 Å². The van der Waals surface area contributed by atoms with Crippen LogP contribution in [0.25, 0.3) is 0 Å². The maximum atomic E-state index is 13.1. The number of benzene rings is 2. The number of nitrogens with one attached hydrogen (secondary N) is 1. The molecule has 0 aliphatic carbocycles. The molecule has 0 saturated carbocycles. The van der Waals surface area contributed by atoms with Crippen LogP contribution in [0.1, 0.15) is 12.5 Å². The van der Waals surface area contributed by atoms with E-state index in [2.05, 4.69) is 5.32 Å². The molecule has 106 valence electrons. The lowest BCUT2D eigenvalue weighted by Crippen LogP contribution is -2.12. The van der Waals surface area contributed by atoms with Crippen molar-refractivity contribution in [3.05, 3.63) is 57.8 Å². The van der Waals surface area contributed by atoms with Crippen LogP contribution in [0.15, 0.2) is 36.4 Å². The second-order valence-electron chi connectivity index (χ2n) is 4.21. The third-order valence-electron chi connectivity index (χ3n) is 2.71. The quantitative estimate of drug-likeness (QED) is 0.835. The van der Waals surface area contributed by atoms with E-state index in [4.69, 9.17) is 27.9 Å². The number of rotatable bonds is 5. The highest BCUT2D eigenvalue weighted by Crippen LogP contribution is 2.30. The molecule has 2 aromatic rings. The molecule has 0 aliphatic rings. The number of ether oxygens (including phenoxy) is 1. The monoisotopic (exact) mass is 313 g/mol. The van der Waals surface area contributed by atoms with E-state index >= 15 is 0 Å². The van der Waals surface area contributed by atoms with Gasteiger partial charge in [-0.2, -0.15) is 0 Å². The van der Waals surface area contributed by atoms with Crippen LogP contribution in [-0.4, -0.2) is 6.54 Å². The highest BCUT2D eigenvalue weighted by atomic mass is 35.5. The first kappa shape index (κ1) is 15.1. The van der Waals surface area contributed by atoms with Crippen molar-refractivity contribution in [3.8, 4) is 11.5 Å². The molecule has 2 rings (SSSR count). The van der Waals surface area contributed by atoms with Gasteiger partial charge in [-0.3, -0.25) is 0 Å². The average Bonchev–Trinajstić information content (AvgIpc) is 2.43. The molecule has 0 amide bonds. The minimum absolute atomic E-state index is 0.0321. The largest absolute Gasteiger partial charge is 0.457 e. The molecule has 2 nitrogen and oxygen atoms in total. The van der Waals surface area contributed by atoms with Crippen LogP contribution in [0.2, 0.25) is 10.0 Å². The van der Waals surface area contributed by atoms with E-state index in [1.54, 1.807) is 12.1 Å². The summed E-state index contributed by atoms with van der Waals surface area (Å²) >= 11 is 11.7. The number of hydrogen-bond acceptors (Lipinski definition) is 2. The molecule has 0 saturated heterocycles. The Morgan fingerprint density at radius 1 is 1.15 bits per heavy atom. The fourth-order valence-electron chi connectivity index (χ4n) is 1.71. The smallest absolute Gasteiger partial charge is 0.142 e. The van der Waals surface area contributed by atoms with Gasteiger partial charge in [0.05, 0.1) is 5.02 Å². The van der Waals surface area contributed by atoms with E-state index in [1.165, 1.54) is 18.2 Å². The van der Waals surface area contributed by atoms with E-state index in [9.17, 15) is 4.39 Å². The van der Waals surface area contributed by atoms with Gasteiger partial charge in [-0.15, -0.1) is 0 Å². The molecular formula is C15H14Cl2FNO. The summed E-state index contributed by atoms with van der Waals surface area (Å²) in [7, 11) is 0. The van der Waals surface area contributed by atoms with Crippen molar-refractivity contribution in [2.45, 2.75) is 13.5 Å². The molecule has 0 heterocycles. The fourth-order valence-corrected chi connectivity index (χ4v) is 2.08. The Morgan fingerprint density at radius 3 is 2.65 bits per heavy atom. The van der Waals surface area contributed by atoms with Crippen LogP contribution in [-0.2, 0) is 6.54 Å². The third-order valence-corrected chi connectivity index (χ3v) is 3.23. The summed E-state index contributed by atoms with van der Waals surface area (Å²) in [5.41, 5.74) is 0.930. The molecule has 20 heavy (non-hydrogen) atoms. The minimum atomic E-state index is -0.469. The van der Waals surface area contributed by atoms with Gasteiger partial charge in [0, 0.05) is 23.2 Å². The SMILES string of the molecule is CCNCc1cc(Cl)ccc1Oc1ccc(F)c(Cl)c1. The maximum Gasteiger partial charge on any atom is 0.142 e. The van der Waals surface area contributed by atoms with E-state index in [0.717, 1.165) is 12.1 Å². The Morgan fingerprint density at radius 2 is 1.95 bits per heavy atom. The zero-order valence-corrected chi connectivity index (χ0v) is 12.4. The Bertz CT molecular complexity index is 604. The highest BCUT2D eigenvalue weighted by Gasteiger charge is 2.08. The van der Waals surface area contributed by atoms with Crippen molar-refractivity contribution in [2.75, 3.05) is 6.54 Å². The summed E-state index contributed by atoms with van der Waals surface area (Å²) in [6.07, 6.45) is 0. The van der Waals surface area contributed by atoms with Crippen LogP contribution in [0.4, 0.5) is 4.39 Å². The number of hydrogen-bond donors (Lipinski definition) is 1.